The minimum absolute atomic E-state index is 0.0132. The van der Waals surface area contributed by atoms with Gasteiger partial charge in [-0.2, -0.15) is 0 Å². The first-order chi connectivity index (χ1) is 26.5. The summed E-state index contributed by atoms with van der Waals surface area (Å²) in [6, 6.07) is 31.9. The number of hydrogen-bond acceptors (Lipinski definition) is 5. The number of carbonyl (C=O) groups excluding carboxylic acids is 2. The van der Waals surface area contributed by atoms with Crippen LogP contribution in [0.4, 0.5) is 4.79 Å². The summed E-state index contributed by atoms with van der Waals surface area (Å²) in [7, 11) is 0. The molecule has 4 aromatic rings. The van der Waals surface area contributed by atoms with Gasteiger partial charge in [-0.3, -0.25) is 4.79 Å². The highest BCUT2D eigenvalue weighted by Gasteiger charge is 2.74. The number of carbonyl (C=O) groups is 2. The first-order valence-corrected chi connectivity index (χ1v) is 20.5. The molecule has 0 radical (unpaired) electrons. The zero-order valence-electron chi connectivity index (χ0n) is 32.3. The standard InChI is InChI=1S/C49H53NO5/c1-4-28-50(44(53)55-39-19-18-34-12-8-9-13-37(34)29-39)32-48(54)25-22-42-46(48,3)24-21-41-45(2)23-20-38(51)30-47(45)26-27-49(41,42)40(31-47)43(52)36-16-14-35(15-17-36)33-10-6-5-7-11-33/h5-19,26-27,29,31,38,41-42,51,54H,4,20-25,28,30,32H2,1-3H3. The van der Waals surface area contributed by atoms with Gasteiger partial charge in [0.15, 0.2) is 5.78 Å². The Morgan fingerprint density at radius 1 is 0.782 bits per heavy atom. The second kappa shape index (κ2) is 13.0. The number of hydrogen-bond donors (Lipinski definition) is 2. The Balaban J connectivity index is 1.07. The maximum Gasteiger partial charge on any atom is 0.415 e. The summed E-state index contributed by atoms with van der Waals surface area (Å²) in [5.41, 5.74) is 0.826. The molecule has 2 N–H and O–H groups in total. The number of amides is 1. The van der Waals surface area contributed by atoms with Crippen LogP contribution in [0.25, 0.3) is 21.9 Å². The minimum atomic E-state index is -1.18. The topological polar surface area (TPSA) is 87.1 Å². The van der Waals surface area contributed by atoms with Crippen LogP contribution in [-0.4, -0.2) is 51.8 Å². The number of benzene rings is 4. The molecule has 6 nitrogen and oxygen atoms in total. The third kappa shape index (κ3) is 5.34. The molecule has 2 spiro atoms. The highest BCUT2D eigenvalue weighted by molar-refractivity contribution is 6.10. The van der Waals surface area contributed by atoms with Crippen molar-refractivity contribution in [3.05, 3.63) is 126 Å². The third-order valence-electron chi connectivity index (χ3n) is 15.3. The highest BCUT2D eigenvalue weighted by atomic mass is 16.6. The van der Waals surface area contributed by atoms with Crippen LogP contribution >= 0.6 is 0 Å². The SMILES string of the molecule is CCCN(CC1(O)CCC2C34C=CC5(C=C3C(=O)c3ccc(-c6ccccc6)cc3)CC(O)CCC5(C)C4CCC21C)C(=O)Oc1ccc2ccccc2c1. The average Bonchev–Trinajstić information content (AvgIpc) is 3.47. The average molecular weight is 736 g/mol. The Hall–Kier alpha value is -4.52. The Bertz CT molecular complexity index is 2210. The molecule has 8 atom stereocenters. The van der Waals surface area contributed by atoms with Crippen LogP contribution in [0.1, 0.15) is 82.5 Å². The number of aliphatic hydroxyl groups is 2. The molecule has 1 amide bonds. The van der Waals surface area contributed by atoms with Gasteiger partial charge in [0.25, 0.3) is 0 Å². The van der Waals surface area contributed by atoms with E-state index in [9.17, 15) is 15.0 Å². The van der Waals surface area contributed by atoms with E-state index in [2.05, 4.69) is 44.2 Å². The van der Waals surface area contributed by atoms with E-state index in [4.69, 9.17) is 4.74 Å². The summed E-state index contributed by atoms with van der Waals surface area (Å²) in [4.78, 5) is 30.7. The fourth-order valence-electron chi connectivity index (χ4n) is 12.4. The Kier molecular flexibility index (Phi) is 8.56. The molecule has 3 saturated carbocycles. The van der Waals surface area contributed by atoms with Gasteiger partial charge in [-0.05, 0) is 103 Å². The van der Waals surface area contributed by atoms with Gasteiger partial charge in [0.2, 0.25) is 0 Å². The smallest absolute Gasteiger partial charge is 0.410 e. The van der Waals surface area contributed by atoms with Crippen molar-refractivity contribution in [3.8, 4) is 16.9 Å². The first kappa shape index (κ1) is 36.1. The predicted molar refractivity (Wildman–Crippen MR) is 217 cm³/mol. The Morgan fingerprint density at radius 3 is 2.22 bits per heavy atom. The van der Waals surface area contributed by atoms with E-state index in [1.807, 2.05) is 91.9 Å². The summed E-state index contributed by atoms with van der Waals surface area (Å²) in [5, 5.41) is 26.2. The molecular formula is C49H53NO5. The zero-order valence-corrected chi connectivity index (χ0v) is 32.3. The number of ketones is 1. The van der Waals surface area contributed by atoms with Gasteiger partial charge in [0.05, 0.1) is 18.2 Å². The van der Waals surface area contributed by atoms with Crippen molar-refractivity contribution in [2.24, 2.45) is 33.5 Å². The highest BCUT2D eigenvalue weighted by Crippen LogP contribution is 2.78. The molecule has 4 aromatic carbocycles. The van der Waals surface area contributed by atoms with Crippen LogP contribution in [-0.2, 0) is 0 Å². The predicted octanol–water partition coefficient (Wildman–Crippen LogP) is 10.2. The van der Waals surface area contributed by atoms with Crippen molar-refractivity contribution in [2.75, 3.05) is 13.1 Å². The molecule has 10 rings (SSSR count). The van der Waals surface area contributed by atoms with Crippen molar-refractivity contribution < 1.29 is 24.5 Å². The molecule has 284 valence electrons. The van der Waals surface area contributed by atoms with Crippen molar-refractivity contribution >= 4 is 22.6 Å². The summed E-state index contributed by atoms with van der Waals surface area (Å²) < 4.78 is 6.00. The molecule has 3 fully saturated rings. The van der Waals surface area contributed by atoms with E-state index in [0.717, 1.165) is 66.0 Å². The zero-order chi connectivity index (χ0) is 38.2. The summed E-state index contributed by atoms with van der Waals surface area (Å²) in [5.74, 6) is 0.707. The number of aliphatic hydroxyl groups excluding tert-OH is 1. The number of Topliss-reactive ketones (excluding diaryl/α,β-unsaturated/α-hetero) is 1. The van der Waals surface area contributed by atoms with Crippen molar-refractivity contribution in [2.45, 2.75) is 83.8 Å². The van der Waals surface area contributed by atoms with Gasteiger partial charge in [-0.15, -0.1) is 0 Å². The van der Waals surface area contributed by atoms with Gasteiger partial charge in [0.1, 0.15) is 5.75 Å². The maximum absolute atomic E-state index is 15.1. The molecule has 55 heavy (non-hydrogen) atoms. The van der Waals surface area contributed by atoms with Gasteiger partial charge >= 0.3 is 6.09 Å². The molecule has 6 aliphatic carbocycles. The molecule has 2 bridgehead atoms. The molecule has 0 aliphatic heterocycles. The molecule has 6 aliphatic rings. The summed E-state index contributed by atoms with van der Waals surface area (Å²) in [6.45, 7) is 7.31. The fourth-order valence-corrected chi connectivity index (χ4v) is 12.4. The van der Waals surface area contributed by atoms with Crippen LogP contribution in [0, 0.1) is 33.5 Å². The van der Waals surface area contributed by atoms with Crippen LogP contribution in [0.3, 0.4) is 0 Å². The second-order valence-corrected chi connectivity index (χ2v) is 17.9. The molecule has 0 saturated heterocycles. The number of rotatable bonds is 8. The minimum Gasteiger partial charge on any atom is -0.410 e. The van der Waals surface area contributed by atoms with Gasteiger partial charge in [-0.25, -0.2) is 4.79 Å². The number of allylic oxidation sites excluding steroid dienone is 4. The molecule has 8 unspecified atom stereocenters. The lowest BCUT2D eigenvalue weighted by Gasteiger charge is -2.71. The molecule has 6 heteroatoms. The van der Waals surface area contributed by atoms with Crippen LogP contribution in [0.2, 0.25) is 0 Å². The van der Waals surface area contributed by atoms with E-state index in [1.54, 1.807) is 4.90 Å². The fraction of sp³-hybridized carbons (Fsp3) is 0.429. The van der Waals surface area contributed by atoms with Gasteiger partial charge in [0, 0.05) is 33.9 Å². The van der Waals surface area contributed by atoms with Crippen molar-refractivity contribution in [1.29, 1.82) is 0 Å². The Labute approximate surface area is 324 Å². The van der Waals surface area contributed by atoms with E-state index < -0.39 is 34.0 Å². The molecule has 0 aromatic heterocycles. The summed E-state index contributed by atoms with van der Waals surface area (Å²) >= 11 is 0. The lowest BCUT2D eigenvalue weighted by molar-refractivity contribution is -0.175. The Morgan fingerprint density at radius 2 is 1.45 bits per heavy atom. The van der Waals surface area contributed by atoms with E-state index in [-0.39, 0.29) is 29.6 Å². The summed E-state index contributed by atoms with van der Waals surface area (Å²) in [6.07, 6.45) is 12.1. The van der Waals surface area contributed by atoms with E-state index in [1.165, 1.54) is 0 Å². The van der Waals surface area contributed by atoms with Crippen molar-refractivity contribution in [3.63, 3.8) is 0 Å². The van der Waals surface area contributed by atoms with Crippen LogP contribution in [0.15, 0.2) is 121 Å². The lowest BCUT2D eigenvalue weighted by atomic mass is 9.32. The lowest BCUT2D eigenvalue weighted by Crippen LogP contribution is -2.67. The van der Waals surface area contributed by atoms with Crippen LogP contribution < -0.4 is 4.74 Å². The second-order valence-electron chi connectivity index (χ2n) is 17.9. The molecular weight excluding hydrogens is 683 g/mol. The van der Waals surface area contributed by atoms with E-state index >= 15 is 4.79 Å². The third-order valence-corrected chi connectivity index (χ3v) is 15.3. The maximum atomic E-state index is 15.1. The normalized spacial score (nSPS) is 34.3. The number of nitrogens with zero attached hydrogens (tertiary/aromatic N) is 1. The monoisotopic (exact) mass is 735 g/mol. The van der Waals surface area contributed by atoms with Gasteiger partial charge < -0.3 is 19.8 Å². The van der Waals surface area contributed by atoms with Crippen molar-refractivity contribution in [1.82, 2.24) is 4.90 Å². The van der Waals surface area contributed by atoms with E-state index in [0.29, 0.717) is 30.7 Å². The van der Waals surface area contributed by atoms with Gasteiger partial charge in [-0.1, -0.05) is 124 Å². The number of fused-ring (bicyclic) bond motifs is 2. The number of ether oxygens (including phenoxy) is 1. The molecule has 0 heterocycles. The quantitative estimate of drug-likeness (QED) is 0.139. The van der Waals surface area contributed by atoms with Crippen LogP contribution in [0.5, 0.6) is 5.75 Å². The first-order valence-electron chi connectivity index (χ1n) is 20.5. The largest absolute Gasteiger partial charge is 0.415 e.